The fraction of sp³-hybridized carbons (Fsp3) is 0.706. The number of thiophene rings is 1. The van der Waals surface area contributed by atoms with Crippen molar-refractivity contribution < 1.29 is 0 Å². The van der Waals surface area contributed by atoms with E-state index in [4.69, 9.17) is 4.99 Å². The maximum atomic E-state index is 4.91. The van der Waals surface area contributed by atoms with Gasteiger partial charge in [-0.3, -0.25) is 9.89 Å². The Balaban J connectivity index is 1.96. The molecular formula is C17H30N4S. The Morgan fingerprint density at radius 1 is 1.45 bits per heavy atom. The summed E-state index contributed by atoms with van der Waals surface area (Å²) >= 11 is 1.75. The first-order valence-corrected chi connectivity index (χ1v) is 9.43. The summed E-state index contributed by atoms with van der Waals surface area (Å²) in [5.41, 5.74) is 1.35. The normalized spacial score (nSPS) is 20.1. The van der Waals surface area contributed by atoms with Gasteiger partial charge in [0.25, 0.3) is 0 Å². The van der Waals surface area contributed by atoms with Gasteiger partial charge in [-0.2, -0.15) is 11.3 Å². The summed E-state index contributed by atoms with van der Waals surface area (Å²) in [6, 6.07) is 2.80. The molecule has 0 saturated carbocycles. The van der Waals surface area contributed by atoms with Crippen LogP contribution in [0.25, 0.3) is 0 Å². The maximum Gasteiger partial charge on any atom is 0.194 e. The topological polar surface area (TPSA) is 30.9 Å². The molecule has 0 bridgehead atoms. The van der Waals surface area contributed by atoms with E-state index in [-0.39, 0.29) is 0 Å². The Hall–Kier alpha value is -1.07. The summed E-state index contributed by atoms with van der Waals surface area (Å²) in [5, 5.41) is 7.77. The summed E-state index contributed by atoms with van der Waals surface area (Å²) in [6.45, 7) is 9.50. The van der Waals surface area contributed by atoms with Crippen LogP contribution in [0.5, 0.6) is 0 Å². The lowest BCUT2D eigenvalue weighted by Crippen LogP contribution is -2.43. The summed E-state index contributed by atoms with van der Waals surface area (Å²) < 4.78 is 0. The molecule has 1 saturated heterocycles. The van der Waals surface area contributed by atoms with Crippen LogP contribution < -0.4 is 5.32 Å². The first kappa shape index (κ1) is 17.3. The second-order valence-corrected chi connectivity index (χ2v) is 6.74. The fourth-order valence-electron chi connectivity index (χ4n) is 3.08. The van der Waals surface area contributed by atoms with E-state index in [0.29, 0.717) is 6.04 Å². The maximum absolute atomic E-state index is 4.91. The standard InChI is InChI=1S/C17H30N4S/c1-4-18-17(20(3)13-15-9-11-22-14-15)19-12-16-8-6-7-10-21(16)5-2/h9,11,14,16H,4-8,10,12-13H2,1-3H3,(H,18,19). The van der Waals surface area contributed by atoms with E-state index in [0.717, 1.165) is 32.1 Å². The number of guanidine groups is 1. The van der Waals surface area contributed by atoms with Crippen molar-refractivity contribution in [3.05, 3.63) is 22.4 Å². The van der Waals surface area contributed by atoms with Crippen LogP contribution in [0.15, 0.2) is 21.8 Å². The number of hydrogen-bond donors (Lipinski definition) is 1. The van der Waals surface area contributed by atoms with E-state index in [1.807, 2.05) is 0 Å². The summed E-state index contributed by atoms with van der Waals surface area (Å²) in [6.07, 6.45) is 3.97. The molecule has 124 valence electrons. The predicted molar refractivity (Wildman–Crippen MR) is 96.7 cm³/mol. The fourth-order valence-corrected chi connectivity index (χ4v) is 3.74. The van der Waals surface area contributed by atoms with Gasteiger partial charge in [-0.15, -0.1) is 0 Å². The molecule has 0 radical (unpaired) electrons. The van der Waals surface area contributed by atoms with Crippen LogP contribution in [-0.4, -0.2) is 55.0 Å². The molecule has 1 aliphatic heterocycles. The number of rotatable bonds is 6. The second-order valence-electron chi connectivity index (χ2n) is 5.96. The highest BCUT2D eigenvalue weighted by Gasteiger charge is 2.20. The largest absolute Gasteiger partial charge is 0.357 e. The Labute approximate surface area is 139 Å². The molecule has 0 aliphatic carbocycles. The molecule has 1 aliphatic rings. The lowest BCUT2D eigenvalue weighted by Gasteiger charge is -2.34. The van der Waals surface area contributed by atoms with Crippen molar-refractivity contribution in [2.24, 2.45) is 4.99 Å². The predicted octanol–water partition coefficient (Wildman–Crippen LogP) is 3.02. The lowest BCUT2D eigenvalue weighted by molar-refractivity contribution is 0.161. The van der Waals surface area contributed by atoms with Crippen molar-refractivity contribution in [3.8, 4) is 0 Å². The lowest BCUT2D eigenvalue weighted by atomic mass is 10.0. The Morgan fingerprint density at radius 3 is 3.00 bits per heavy atom. The highest BCUT2D eigenvalue weighted by atomic mass is 32.1. The Bertz CT molecular complexity index is 444. The van der Waals surface area contributed by atoms with Gasteiger partial charge in [-0.05, 0) is 55.2 Å². The summed E-state index contributed by atoms with van der Waals surface area (Å²) in [7, 11) is 2.12. The van der Waals surface area contributed by atoms with E-state index in [9.17, 15) is 0 Å². The monoisotopic (exact) mass is 322 g/mol. The minimum Gasteiger partial charge on any atom is -0.357 e. The number of hydrogen-bond acceptors (Lipinski definition) is 3. The van der Waals surface area contributed by atoms with Gasteiger partial charge in [0.05, 0.1) is 6.54 Å². The highest BCUT2D eigenvalue weighted by Crippen LogP contribution is 2.17. The molecule has 2 heterocycles. The summed E-state index contributed by atoms with van der Waals surface area (Å²) in [5.74, 6) is 1.02. The molecule has 1 atom stereocenters. The third kappa shape index (κ3) is 4.99. The summed E-state index contributed by atoms with van der Waals surface area (Å²) in [4.78, 5) is 9.71. The van der Waals surface area contributed by atoms with E-state index in [2.05, 4.69) is 52.8 Å². The van der Waals surface area contributed by atoms with Gasteiger partial charge < -0.3 is 10.2 Å². The zero-order chi connectivity index (χ0) is 15.8. The van der Waals surface area contributed by atoms with Crippen LogP contribution in [0.3, 0.4) is 0 Å². The van der Waals surface area contributed by atoms with Crippen LogP contribution in [0, 0.1) is 0 Å². The minimum absolute atomic E-state index is 0.613. The van der Waals surface area contributed by atoms with E-state index in [1.165, 1.54) is 31.4 Å². The molecular weight excluding hydrogens is 292 g/mol. The first-order chi connectivity index (χ1) is 10.7. The molecule has 1 fully saturated rings. The van der Waals surface area contributed by atoms with Crippen molar-refractivity contribution in [3.63, 3.8) is 0 Å². The van der Waals surface area contributed by atoms with Crippen molar-refractivity contribution >= 4 is 17.3 Å². The first-order valence-electron chi connectivity index (χ1n) is 8.49. The van der Waals surface area contributed by atoms with Crippen LogP contribution >= 0.6 is 11.3 Å². The molecule has 0 aromatic carbocycles. The van der Waals surface area contributed by atoms with Gasteiger partial charge in [0.15, 0.2) is 5.96 Å². The van der Waals surface area contributed by atoms with Gasteiger partial charge in [0, 0.05) is 26.2 Å². The van der Waals surface area contributed by atoms with Crippen molar-refractivity contribution in [1.82, 2.24) is 15.1 Å². The SMILES string of the molecule is CCNC(=NCC1CCCCN1CC)N(C)Cc1ccsc1. The van der Waals surface area contributed by atoms with Gasteiger partial charge in [0.1, 0.15) is 0 Å². The molecule has 0 spiro atoms. The molecule has 0 amide bonds. The smallest absolute Gasteiger partial charge is 0.194 e. The quantitative estimate of drug-likeness (QED) is 0.645. The van der Waals surface area contributed by atoms with Crippen molar-refractivity contribution in [2.45, 2.75) is 45.7 Å². The number of likely N-dealkylation sites (tertiary alicyclic amines) is 1. The molecule has 1 unspecified atom stereocenters. The van der Waals surface area contributed by atoms with Gasteiger partial charge in [-0.1, -0.05) is 13.3 Å². The second kappa shape index (κ2) is 9.16. The van der Waals surface area contributed by atoms with Crippen LogP contribution in [0.2, 0.25) is 0 Å². The number of nitrogens with zero attached hydrogens (tertiary/aromatic N) is 3. The average molecular weight is 323 g/mol. The Kier molecular flexibility index (Phi) is 7.19. The highest BCUT2D eigenvalue weighted by molar-refractivity contribution is 7.07. The van der Waals surface area contributed by atoms with Gasteiger partial charge in [0.2, 0.25) is 0 Å². The number of piperidine rings is 1. The molecule has 22 heavy (non-hydrogen) atoms. The zero-order valence-corrected chi connectivity index (χ0v) is 15.0. The molecule has 4 nitrogen and oxygen atoms in total. The van der Waals surface area contributed by atoms with Crippen LogP contribution in [0.4, 0.5) is 0 Å². The van der Waals surface area contributed by atoms with E-state index >= 15 is 0 Å². The molecule has 1 N–H and O–H groups in total. The number of nitrogens with one attached hydrogen (secondary N) is 1. The van der Waals surface area contributed by atoms with Gasteiger partial charge >= 0.3 is 0 Å². The van der Waals surface area contributed by atoms with Crippen molar-refractivity contribution in [2.75, 3.05) is 33.2 Å². The van der Waals surface area contributed by atoms with Crippen molar-refractivity contribution in [1.29, 1.82) is 0 Å². The average Bonchev–Trinajstić information content (AvgIpc) is 3.04. The third-order valence-corrected chi connectivity index (χ3v) is 5.04. The molecule has 1 aromatic heterocycles. The zero-order valence-electron chi connectivity index (χ0n) is 14.2. The molecule has 5 heteroatoms. The van der Waals surface area contributed by atoms with E-state index in [1.54, 1.807) is 11.3 Å². The molecule has 1 aromatic rings. The number of aliphatic imine (C=N–C) groups is 1. The third-order valence-electron chi connectivity index (χ3n) is 4.30. The number of likely N-dealkylation sites (N-methyl/N-ethyl adjacent to an activating group) is 1. The van der Waals surface area contributed by atoms with Gasteiger partial charge in [-0.25, -0.2) is 0 Å². The minimum atomic E-state index is 0.613. The van der Waals surface area contributed by atoms with Crippen LogP contribution in [-0.2, 0) is 6.54 Å². The Morgan fingerprint density at radius 2 is 2.32 bits per heavy atom. The molecule has 2 rings (SSSR count). The van der Waals surface area contributed by atoms with E-state index < -0.39 is 0 Å². The van der Waals surface area contributed by atoms with Crippen LogP contribution in [0.1, 0.15) is 38.7 Å².